The highest BCUT2D eigenvalue weighted by Gasteiger charge is 2.28. The van der Waals surface area contributed by atoms with E-state index in [2.05, 4.69) is 15.2 Å². The van der Waals surface area contributed by atoms with Gasteiger partial charge >= 0.3 is 11.9 Å². The number of aryl methyl sites for hydroxylation is 1. The number of nitrogens with two attached hydrogens (primary N) is 1. The molecule has 0 radical (unpaired) electrons. The van der Waals surface area contributed by atoms with Gasteiger partial charge in [-0.3, -0.25) is 4.79 Å². The van der Waals surface area contributed by atoms with Gasteiger partial charge in [0.25, 0.3) is 0 Å². The number of nitrogens with zero attached hydrogens (tertiary/aromatic N) is 4. The van der Waals surface area contributed by atoms with Crippen molar-refractivity contribution < 1.29 is 39.9 Å². The number of hydrogen-bond donors (Lipinski definition) is 6. The Labute approximate surface area is 201 Å². The van der Waals surface area contributed by atoms with Crippen molar-refractivity contribution in [2.24, 2.45) is 10.9 Å². The number of carbonyl (C=O) groups excluding carboxylic acids is 1. The third-order valence-electron chi connectivity index (χ3n) is 5.33. The Kier molecular flexibility index (Phi) is 5.74. The number of aromatic hydroxyl groups is 3. The van der Waals surface area contributed by atoms with Gasteiger partial charge in [-0.05, 0) is 37.3 Å². The van der Waals surface area contributed by atoms with Crippen LogP contribution in [0.1, 0.15) is 42.3 Å². The fourth-order valence-corrected chi connectivity index (χ4v) is 3.59. The molecule has 36 heavy (non-hydrogen) atoms. The summed E-state index contributed by atoms with van der Waals surface area (Å²) in [5.41, 5.74) is -1.55. The van der Waals surface area contributed by atoms with Crippen molar-refractivity contribution in [2.75, 3.05) is 0 Å². The molecule has 0 saturated heterocycles. The van der Waals surface area contributed by atoms with Gasteiger partial charge in [0.05, 0.1) is 39.0 Å². The second-order valence-corrected chi connectivity index (χ2v) is 7.59. The van der Waals surface area contributed by atoms with Crippen LogP contribution >= 0.6 is 0 Å². The van der Waals surface area contributed by atoms with Gasteiger partial charge in [-0.1, -0.05) is 6.07 Å². The maximum atomic E-state index is 13.2. The van der Waals surface area contributed by atoms with Crippen molar-refractivity contribution in [2.45, 2.75) is 6.92 Å². The summed E-state index contributed by atoms with van der Waals surface area (Å²) >= 11 is 0. The third kappa shape index (κ3) is 3.90. The van der Waals surface area contributed by atoms with E-state index in [1.54, 1.807) is 0 Å². The summed E-state index contributed by atoms with van der Waals surface area (Å²) in [4.78, 5) is 40.3. The summed E-state index contributed by atoms with van der Waals surface area (Å²) in [7, 11) is 0. The summed E-state index contributed by atoms with van der Waals surface area (Å²) in [5, 5.41) is 57.2. The number of benzene rings is 2. The van der Waals surface area contributed by atoms with E-state index in [9.17, 15) is 39.9 Å². The zero-order valence-electron chi connectivity index (χ0n) is 18.4. The van der Waals surface area contributed by atoms with Crippen molar-refractivity contribution >= 4 is 34.5 Å². The zero-order valence-corrected chi connectivity index (χ0v) is 18.4. The molecule has 0 saturated carbocycles. The van der Waals surface area contributed by atoms with E-state index in [4.69, 9.17) is 5.84 Å². The molecule has 0 aliphatic rings. The number of ketones is 1. The Balaban J connectivity index is 1.95. The summed E-state index contributed by atoms with van der Waals surface area (Å²) in [5.74, 6) is 0.103. The van der Waals surface area contributed by atoms with E-state index in [1.807, 2.05) is 0 Å². The van der Waals surface area contributed by atoms with Crippen LogP contribution in [0.3, 0.4) is 0 Å². The Hall–Kier alpha value is -5.46. The molecule has 0 amide bonds. The number of para-hydroxylation sites is 1. The van der Waals surface area contributed by atoms with Crippen molar-refractivity contribution in [3.8, 4) is 22.9 Å². The fraction of sp³-hybridized carbons (Fsp3) is 0.0435. The molecule has 2 heterocycles. The third-order valence-corrected chi connectivity index (χ3v) is 5.33. The number of aromatic carboxylic acids is 2. The second kappa shape index (κ2) is 8.72. The molecule has 13 nitrogen and oxygen atoms in total. The molecule has 13 heteroatoms. The number of aromatic nitrogens is 3. The number of rotatable bonds is 6. The van der Waals surface area contributed by atoms with Crippen LogP contribution < -0.4 is 5.84 Å². The van der Waals surface area contributed by atoms with Crippen molar-refractivity contribution in [1.82, 2.24) is 14.8 Å². The zero-order chi connectivity index (χ0) is 26.3. The molecule has 0 atom stereocenters. The van der Waals surface area contributed by atoms with Crippen LogP contribution in [0.15, 0.2) is 47.7 Å². The van der Waals surface area contributed by atoms with E-state index in [-0.39, 0.29) is 44.7 Å². The number of hydrogen-bond acceptors (Lipinski definition) is 10. The van der Waals surface area contributed by atoms with Crippen molar-refractivity contribution in [1.29, 1.82) is 0 Å². The van der Waals surface area contributed by atoms with Gasteiger partial charge in [0.15, 0.2) is 17.1 Å². The monoisotopic (exact) mass is 491 g/mol. The summed E-state index contributed by atoms with van der Waals surface area (Å²) in [6, 6.07) is 7.05. The largest absolute Gasteiger partial charge is 0.505 e. The summed E-state index contributed by atoms with van der Waals surface area (Å²) < 4.78 is 1.13. The molecule has 182 valence electrons. The Morgan fingerprint density at radius 1 is 0.972 bits per heavy atom. The summed E-state index contributed by atoms with van der Waals surface area (Å²) in [6.07, 6.45) is 1.28. The number of fused-ring (bicyclic) bond motifs is 1. The minimum absolute atomic E-state index is 0.00742. The van der Waals surface area contributed by atoms with Gasteiger partial charge in [-0.2, -0.15) is 5.10 Å². The van der Waals surface area contributed by atoms with E-state index >= 15 is 0 Å². The van der Waals surface area contributed by atoms with Crippen LogP contribution in [-0.4, -0.2) is 63.7 Å². The lowest BCUT2D eigenvalue weighted by atomic mass is 9.97. The van der Waals surface area contributed by atoms with Crippen molar-refractivity contribution in [3.63, 3.8) is 0 Å². The number of Topliss-reactive ketones (excluding diaryl/α,β-unsaturated/α-hetero) is 1. The highest BCUT2D eigenvalue weighted by atomic mass is 16.4. The first-order valence-corrected chi connectivity index (χ1v) is 10.1. The Morgan fingerprint density at radius 2 is 1.61 bits per heavy atom. The lowest BCUT2D eigenvalue weighted by Crippen LogP contribution is -2.19. The van der Waals surface area contributed by atoms with E-state index in [0.29, 0.717) is 0 Å². The van der Waals surface area contributed by atoms with Gasteiger partial charge < -0.3 is 31.4 Å². The maximum Gasteiger partial charge on any atom is 0.335 e. The number of pyridine rings is 1. The average molecular weight is 491 g/mol. The molecule has 2 aromatic carbocycles. The predicted octanol–water partition coefficient (Wildman–Crippen LogP) is 1.79. The average Bonchev–Trinajstić information content (AvgIpc) is 3.26. The number of hydrazone groups is 1. The molecular weight excluding hydrogens is 474 g/mol. The van der Waals surface area contributed by atoms with Crippen LogP contribution in [0.2, 0.25) is 0 Å². The quantitative estimate of drug-likeness (QED) is 0.0750. The van der Waals surface area contributed by atoms with Gasteiger partial charge in [0.1, 0.15) is 11.5 Å². The van der Waals surface area contributed by atoms with Gasteiger partial charge in [0.2, 0.25) is 5.78 Å². The van der Waals surface area contributed by atoms with Crippen LogP contribution in [0.4, 0.5) is 0 Å². The molecule has 0 unspecified atom stereocenters. The number of carboxylic acid groups (broad SMARTS) is 2. The minimum Gasteiger partial charge on any atom is -0.505 e. The van der Waals surface area contributed by atoms with E-state index in [0.717, 1.165) is 16.8 Å². The second-order valence-electron chi connectivity index (χ2n) is 7.59. The number of carbonyl (C=O) groups is 3. The molecule has 7 N–H and O–H groups in total. The number of phenolic OH excluding ortho intramolecular Hbond substituents is 2. The molecule has 2 aromatic heterocycles. The molecule has 0 spiro atoms. The lowest BCUT2D eigenvalue weighted by molar-refractivity contribution is 0.0696. The smallest absolute Gasteiger partial charge is 0.335 e. The standard InChI is InChI=1S/C23H17N5O8/c1-9-18(30)16(17(26-24)20(32)13-3-2-4-15(29)19(13)31)14-8-28(27-21(14)25-9)12-6-10(22(33)34)5-11(7-12)23(35)36/h2-8,29-31H,24H2,1H3,(H,33,34)(H,35,36). The lowest BCUT2D eigenvalue weighted by Gasteiger charge is -2.11. The van der Waals surface area contributed by atoms with E-state index in [1.165, 1.54) is 37.4 Å². The molecule has 4 aromatic rings. The van der Waals surface area contributed by atoms with Gasteiger partial charge in [-0.25, -0.2) is 19.3 Å². The highest BCUT2D eigenvalue weighted by molar-refractivity contribution is 6.54. The Morgan fingerprint density at radius 3 is 2.19 bits per heavy atom. The van der Waals surface area contributed by atoms with Crippen LogP contribution in [0.5, 0.6) is 17.2 Å². The molecule has 0 aliphatic heterocycles. The predicted molar refractivity (Wildman–Crippen MR) is 124 cm³/mol. The summed E-state index contributed by atoms with van der Waals surface area (Å²) in [6.45, 7) is 1.43. The SMILES string of the molecule is Cc1nc2nn(-c3cc(C(=O)O)cc(C(=O)O)c3)cc2c(C(=NN)C(=O)c2cccc(O)c2O)c1O. The Bertz CT molecular complexity index is 1590. The molecule has 0 aliphatic carbocycles. The van der Waals surface area contributed by atoms with Crippen LogP contribution in [-0.2, 0) is 0 Å². The number of phenols is 2. The topological polar surface area (TPSA) is 221 Å². The van der Waals surface area contributed by atoms with Gasteiger partial charge in [-0.15, -0.1) is 5.10 Å². The van der Waals surface area contributed by atoms with Crippen molar-refractivity contribution in [3.05, 3.63) is 70.5 Å². The highest BCUT2D eigenvalue weighted by Crippen LogP contribution is 2.33. The van der Waals surface area contributed by atoms with Crippen LogP contribution in [0.25, 0.3) is 16.7 Å². The molecule has 0 bridgehead atoms. The first-order valence-electron chi connectivity index (χ1n) is 10.1. The normalized spacial score (nSPS) is 11.5. The first-order chi connectivity index (χ1) is 17.0. The van der Waals surface area contributed by atoms with E-state index < -0.39 is 40.7 Å². The minimum atomic E-state index is -1.36. The fourth-order valence-electron chi connectivity index (χ4n) is 3.59. The van der Waals surface area contributed by atoms with Gasteiger partial charge in [0, 0.05) is 6.20 Å². The van der Waals surface area contributed by atoms with Crippen LogP contribution in [0, 0.1) is 6.92 Å². The number of carboxylic acids is 2. The molecule has 0 fully saturated rings. The molecular formula is C23H17N5O8. The maximum absolute atomic E-state index is 13.2. The first kappa shape index (κ1) is 23.7. The molecule has 4 rings (SSSR count).